The molecule has 1 aliphatic heterocycles. The SMILES string of the molecule is COC1CCN(c2cnn(C(C)C)c(=O)c2Br)C(CN)C1. The zero-order valence-electron chi connectivity index (χ0n) is 12.8. The van der Waals surface area contributed by atoms with E-state index in [4.69, 9.17) is 10.5 Å². The molecular formula is C14H23BrN4O2. The minimum atomic E-state index is -0.105. The first kappa shape index (κ1) is 16.5. The molecule has 2 atom stereocenters. The molecule has 1 fully saturated rings. The predicted octanol–water partition coefficient (Wildman–Crippen LogP) is 1.53. The molecular weight excluding hydrogens is 336 g/mol. The molecule has 2 unspecified atom stereocenters. The van der Waals surface area contributed by atoms with Gasteiger partial charge in [0.25, 0.3) is 5.56 Å². The lowest BCUT2D eigenvalue weighted by molar-refractivity contribution is 0.0709. The maximum Gasteiger partial charge on any atom is 0.283 e. The van der Waals surface area contributed by atoms with Crippen molar-refractivity contribution in [3.05, 3.63) is 21.0 Å². The van der Waals surface area contributed by atoms with E-state index in [2.05, 4.69) is 25.9 Å². The molecule has 0 bridgehead atoms. The van der Waals surface area contributed by atoms with Crippen molar-refractivity contribution in [1.29, 1.82) is 0 Å². The Bertz CT molecular complexity index is 546. The topological polar surface area (TPSA) is 73.4 Å². The van der Waals surface area contributed by atoms with Gasteiger partial charge in [0.05, 0.1) is 24.0 Å². The number of rotatable bonds is 4. The van der Waals surface area contributed by atoms with Crippen LogP contribution in [0.4, 0.5) is 5.69 Å². The van der Waals surface area contributed by atoms with E-state index in [1.54, 1.807) is 13.3 Å². The van der Waals surface area contributed by atoms with Crippen LogP contribution in [0.3, 0.4) is 0 Å². The van der Waals surface area contributed by atoms with Gasteiger partial charge in [-0.05, 0) is 42.6 Å². The molecule has 7 heteroatoms. The van der Waals surface area contributed by atoms with Crippen LogP contribution in [0.2, 0.25) is 0 Å². The maximum absolute atomic E-state index is 12.4. The maximum atomic E-state index is 12.4. The van der Waals surface area contributed by atoms with E-state index in [0.29, 0.717) is 11.0 Å². The number of hydrogen-bond donors (Lipinski definition) is 1. The first-order valence-corrected chi connectivity index (χ1v) is 8.05. The van der Waals surface area contributed by atoms with Crippen molar-refractivity contribution in [1.82, 2.24) is 9.78 Å². The number of hydrogen-bond acceptors (Lipinski definition) is 5. The highest BCUT2D eigenvalue weighted by atomic mass is 79.9. The first-order chi connectivity index (χ1) is 9.99. The summed E-state index contributed by atoms with van der Waals surface area (Å²) in [7, 11) is 1.73. The Hall–Kier alpha value is -0.920. The molecule has 0 radical (unpaired) electrons. The Balaban J connectivity index is 2.33. The minimum absolute atomic E-state index is 0.0346. The molecule has 21 heavy (non-hydrogen) atoms. The molecule has 2 N–H and O–H groups in total. The molecule has 6 nitrogen and oxygen atoms in total. The second kappa shape index (κ2) is 6.89. The van der Waals surface area contributed by atoms with E-state index in [1.807, 2.05) is 13.8 Å². The number of ether oxygens (including phenoxy) is 1. The van der Waals surface area contributed by atoms with Crippen molar-refractivity contribution in [2.24, 2.45) is 5.73 Å². The quantitative estimate of drug-likeness (QED) is 0.883. The lowest BCUT2D eigenvalue weighted by atomic mass is 9.99. The Morgan fingerprint density at radius 2 is 2.29 bits per heavy atom. The summed E-state index contributed by atoms with van der Waals surface area (Å²) in [6.45, 7) is 5.21. The van der Waals surface area contributed by atoms with E-state index in [0.717, 1.165) is 25.1 Å². The lowest BCUT2D eigenvalue weighted by Gasteiger charge is -2.40. The van der Waals surface area contributed by atoms with Crippen LogP contribution >= 0.6 is 15.9 Å². The largest absolute Gasteiger partial charge is 0.381 e. The van der Waals surface area contributed by atoms with Gasteiger partial charge in [0.2, 0.25) is 0 Å². The Morgan fingerprint density at radius 1 is 1.57 bits per heavy atom. The zero-order chi connectivity index (χ0) is 15.6. The average molecular weight is 359 g/mol. The molecule has 1 aromatic rings. The standard InChI is InChI=1S/C14H23BrN4O2/c1-9(2)19-14(20)13(15)12(8-17-19)18-5-4-11(21-3)6-10(18)7-16/h8-11H,4-7,16H2,1-3H3. The van der Waals surface area contributed by atoms with Crippen molar-refractivity contribution in [2.75, 3.05) is 25.1 Å². The zero-order valence-corrected chi connectivity index (χ0v) is 14.3. The van der Waals surface area contributed by atoms with Gasteiger partial charge in [0.15, 0.2) is 0 Å². The van der Waals surface area contributed by atoms with Gasteiger partial charge in [-0.1, -0.05) is 0 Å². The Kier molecular flexibility index (Phi) is 5.40. The Labute approximate surface area is 133 Å². The van der Waals surface area contributed by atoms with E-state index >= 15 is 0 Å². The van der Waals surface area contributed by atoms with Gasteiger partial charge in [-0.3, -0.25) is 4.79 Å². The molecule has 2 heterocycles. The van der Waals surface area contributed by atoms with Crippen LogP contribution in [0.1, 0.15) is 32.7 Å². The summed E-state index contributed by atoms with van der Waals surface area (Å²) in [6, 6.07) is 0.198. The number of methoxy groups -OCH3 is 1. The van der Waals surface area contributed by atoms with Gasteiger partial charge < -0.3 is 15.4 Å². The van der Waals surface area contributed by atoms with Gasteiger partial charge in [-0.2, -0.15) is 5.10 Å². The predicted molar refractivity (Wildman–Crippen MR) is 86.8 cm³/mol. The fourth-order valence-electron chi connectivity index (χ4n) is 2.77. The summed E-state index contributed by atoms with van der Waals surface area (Å²) in [4.78, 5) is 14.5. The molecule has 0 amide bonds. The monoisotopic (exact) mass is 358 g/mol. The van der Waals surface area contributed by atoms with Crippen LogP contribution in [-0.4, -0.2) is 42.1 Å². The van der Waals surface area contributed by atoms with E-state index in [1.165, 1.54) is 4.68 Å². The second-order valence-corrected chi connectivity index (χ2v) is 6.45. The normalized spacial score (nSPS) is 22.9. The van der Waals surface area contributed by atoms with Gasteiger partial charge >= 0.3 is 0 Å². The van der Waals surface area contributed by atoms with Crippen molar-refractivity contribution in [2.45, 2.75) is 44.9 Å². The second-order valence-electron chi connectivity index (χ2n) is 5.65. The lowest BCUT2D eigenvalue weighted by Crippen LogP contribution is -2.49. The summed E-state index contributed by atoms with van der Waals surface area (Å²) in [5.74, 6) is 0. The minimum Gasteiger partial charge on any atom is -0.381 e. The van der Waals surface area contributed by atoms with E-state index in [9.17, 15) is 4.79 Å². The Morgan fingerprint density at radius 3 is 2.86 bits per heavy atom. The van der Waals surface area contributed by atoms with E-state index < -0.39 is 0 Å². The van der Waals surface area contributed by atoms with Gasteiger partial charge in [-0.25, -0.2) is 4.68 Å². The highest BCUT2D eigenvalue weighted by molar-refractivity contribution is 9.10. The molecule has 118 valence electrons. The summed E-state index contributed by atoms with van der Waals surface area (Å²) in [6.07, 6.45) is 3.78. The summed E-state index contributed by atoms with van der Waals surface area (Å²) >= 11 is 3.44. The molecule has 0 spiro atoms. The number of halogens is 1. The van der Waals surface area contributed by atoms with Gasteiger partial charge in [0, 0.05) is 26.2 Å². The third-order valence-electron chi connectivity index (χ3n) is 4.00. The van der Waals surface area contributed by atoms with Crippen LogP contribution < -0.4 is 16.2 Å². The number of anilines is 1. The number of piperidine rings is 1. The molecule has 1 aliphatic rings. The first-order valence-electron chi connectivity index (χ1n) is 7.26. The van der Waals surface area contributed by atoms with Crippen molar-refractivity contribution < 1.29 is 4.74 Å². The fourth-order valence-corrected chi connectivity index (χ4v) is 3.28. The highest BCUT2D eigenvalue weighted by Crippen LogP contribution is 2.29. The van der Waals surface area contributed by atoms with E-state index in [-0.39, 0.29) is 23.7 Å². The van der Waals surface area contributed by atoms with Gasteiger partial charge in [-0.15, -0.1) is 0 Å². The molecule has 1 aromatic heterocycles. The number of nitrogens with two attached hydrogens (primary N) is 1. The van der Waals surface area contributed by atoms with Crippen LogP contribution in [-0.2, 0) is 4.74 Å². The third-order valence-corrected chi connectivity index (χ3v) is 4.74. The third kappa shape index (κ3) is 3.30. The van der Waals surface area contributed by atoms with Crippen LogP contribution in [0.5, 0.6) is 0 Å². The summed E-state index contributed by atoms with van der Waals surface area (Å²) < 4.78 is 7.47. The molecule has 1 saturated heterocycles. The summed E-state index contributed by atoms with van der Waals surface area (Å²) in [5, 5.41) is 4.28. The average Bonchev–Trinajstić information content (AvgIpc) is 2.49. The fraction of sp³-hybridized carbons (Fsp3) is 0.714. The van der Waals surface area contributed by atoms with Gasteiger partial charge in [0.1, 0.15) is 4.47 Å². The van der Waals surface area contributed by atoms with Crippen LogP contribution in [0, 0.1) is 0 Å². The molecule has 2 rings (SSSR count). The highest BCUT2D eigenvalue weighted by Gasteiger charge is 2.29. The molecule has 0 aliphatic carbocycles. The van der Waals surface area contributed by atoms with Crippen molar-refractivity contribution >= 4 is 21.6 Å². The number of aromatic nitrogens is 2. The van der Waals surface area contributed by atoms with Crippen molar-refractivity contribution in [3.63, 3.8) is 0 Å². The van der Waals surface area contributed by atoms with Crippen LogP contribution in [0.25, 0.3) is 0 Å². The number of nitrogens with zero attached hydrogens (tertiary/aromatic N) is 3. The summed E-state index contributed by atoms with van der Waals surface area (Å²) in [5.41, 5.74) is 6.61. The van der Waals surface area contributed by atoms with Crippen LogP contribution in [0.15, 0.2) is 15.5 Å². The smallest absolute Gasteiger partial charge is 0.283 e. The molecule has 0 saturated carbocycles. The molecule has 0 aromatic carbocycles. The van der Waals surface area contributed by atoms with Crippen molar-refractivity contribution in [3.8, 4) is 0 Å².